The Morgan fingerprint density at radius 2 is 2.00 bits per heavy atom. The van der Waals surface area contributed by atoms with Gasteiger partial charge in [0.25, 0.3) is 0 Å². The average Bonchev–Trinajstić information content (AvgIpc) is 3.03. The van der Waals surface area contributed by atoms with Crippen LogP contribution in [0.1, 0.15) is 0 Å². The average molecular weight is 214 g/mol. The normalized spacial score (nSPS) is 10.5. The summed E-state index contributed by atoms with van der Waals surface area (Å²) in [7, 11) is 0. The Morgan fingerprint density at radius 1 is 1.12 bits per heavy atom. The lowest BCUT2D eigenvalue weighted by Gasteiger charge is -1.97. The molecule has 0 radical (unpaired) electrons. The Bertz CT molecular complexity index is 524. The molecule has 0 aliphatic heterocycles. The van der Waals surface area contributed by atoms with Crippen molar-refractivity contribution in [2.75, 3.05) is 0 Å². The Morgan fingerprint density at radius 3 is 2.69 bits per heavy atom. The van der Waals surface area contributed by atoms with Crippen LogP contribution in [0.15, 0.2) is 35.2 Å². The van der Waals surface area contributed by atoms with E-state index in [0.717, 1.165) is 11.1 Å². The molecular weight excluding hydrogens is 208 g/mol. The number of tetrazole rings is 1. The van der Waals surface area contributed by atoms with Gasteiger partial charge in [0.2, 0.25) is 18.0 Å². The fourth-order valence-corrected chi connectivity index (χ4v) is 1.38. The molecule has 0 saturated heterocycles. The Balaban J connectivity index is 2.07. The van der Waals surface area contributed by atoms with E-state index in [-0.39, 0.29) is 0 Å². The third-order valence-electron chi connectivity index (χ3n) is 2.09. The molecule has 0 bridgehead atoms. The highest BCUT2D eigenvalue weighted by Crippen LogP contribution is 2.20. The number of hydrogen-bond donors (Lipinski definition) is 1. The Labute approximate surface area is 89.5 Å². The highest BCUT2D eigenvalue weighted by atomic mass is 16.5. The summed E-state index contributed by atoms with van der Waals surface area (Å²) in [5.74, 6) is 1.07. The van der Waals surface area contributed by atoms with E-state index in [1.54, 1.807) is 0 Å². The van der Waals surface area contributed by atoms with Gasteiger partial charge in [-0.1, -0.05) is 23.4 Å². The van der Waals surface area contributed by atoms with Crippen molar-refractivity contribution in [1.82, 2.24) is 30.8 Å². The minimum Gasteiger partial charge on any atom is -0.342 e. The fraction of sp³-hybridized carbons (Fsp3) is 0. The van der Waals surface area contributed by atoms with Crippen molar-refractivity contribution < 1.29 is 4.52 Å². The summed E-state index contributed by atoms with van der Waals surface area (Å²) in [6.07, 6.45) is 1.29. The minimum atomic E-state index is 0.533. The Kier molecular flexibility index (Phi) is 1.93. The summed E-state index contributed by atoms with van der Waals surface area (Å²) in [5, 5.41) is 17.5. The number of hydrogen-bond acceptors (Lipinski definition) is 6. The number of rotatable bonds is 2. The molecule has 2 heterocycles. The topological polar surface area (TPSA) is 93.4 Å². The van der Waals surface area contributed by atoms with E-state index in [4.69, 9.17) is 0 Å². The van der Waals surface area contributed by atoms with Gasteiger partial charge in [0, 0.05) is 11.1 Å². The van der Waals surface area contributed by atoms with E-state index in [0.29, 0.717) is 11.6 Å². The van der Waals surface area contributed by atoms with Gasteiger partial charge < -0.3 is 4.52 Å². The van der Waals surface area contributed by atoms with Crippen molar-refractivity contribution >= 4 is 0 Å². The van der Waals surface area contributed by atoms with Crippen LogP contribution in [0.2, 0.25) is 0 Å². The van der Waals surface area contributed by atoms with Crippen LogP contribution in [0.3, 0.4) is 0 Å². The van der Waals surface area contributed by atoms with Crippen molar-refractivity contribution in [3.8, 4) is 22.8 Å². The monoisotopic (exact) mass is 214 g/mol. The van der Waals surface area contributed by atoms with Crippen molar-refractivity contribution in [3.63, 3.8) is 0 Å². The van der Waals surface area contributed by atoms with Crippen LogP contribution in [-0.2, 0) is 0 Å². The summed E-state index contributed by atoms with van der Waals surface area (Å²) in [4.78, 5) is 3.97. The molecule has 0 amide bonds. The van der Waals surface area contributed by atoms with Gasteiger partial charge in [0.15, 0.2) is 0 Å². The molecule has 0 fully saturated rings. The second-order valence-corrected chi connectivity index (χ2v) is 3.07. The first-order valence-corrected chi connectivity index (χ1v) is 4.54. The summed E-state index contributed by atoms with van der Waals surface area (Å²) < 4.78 is 4.69. The Hall–Kier alpha value is -2.57. The molecule has 0 spiro atoms. The molecule has 0 atom stereocenters. The predicted octanol–water partition coefficient (Wildman–Crippen LogP) is 0.917. The van der Waals surface area contributed by atoms with Gasteiger partial charge in [-0.2, -0.15) is 10.2 Å². The zero-order valence-electron chi connectivity index (χ0n) is 8.03. The lowest BCUT2D eigenvalue weighted by Crippen LogP contribution is -1.84. The predicted molar refractivity (Wildman–Crippen MR) is 52.9 cm³/mol. The molecule has 7 heteroatoms. The number of nitrogens with one attached hydrogen (secondary N) is 1. The first kappa shape index (κ1) is 8.72. The third kappa shape index (κ3) is 1.44. The van der Waals surface area contributed by atoms with E-state index in [1.807, 2.05) is 24.3 Å². The first-order chi connectivity index (χ1) is 7.93. The van der Waals surface area contributed by atoms with Crippen LogP contribution < -0.4 is 0 Å². The second kappa shape index (κ2) is 3.54. The molecule has 0 aliphatic rings. The molecular formula is C9H6N6O. The first-order valence-electron chi connectivity index (χ1n) is 4.54. The standard InChI is InChI=1S/C9H6N6O/c1-2-6(8-10-5-16-13-8)4-7(3-1)9-11-14-15-12-9/h1-5H,(H,11,12,14,15). The SMILES string of the molecule is c1cc(-c2nn[nH]n2)cc(-c2ncon2)c1. The lowest BCUT2D eigenvalue weighted by atomic mass is 10.1. The third-order valence-corrected chi connectivity index (χ3v) is 2.09. The van der Waals surface area contributed by atoms with Crippen molar-refractivity contribution in [3.05, 3.63) is 30.7 Å². The van der Waals surface area contributed by atoms with Gasteiger partial charge >= 0.3 is 0 Å². The molecule has 78 valence electrons. The van der Waals surface area contributed by atoms with E-state index >= 15 is 0 Å². The molecule has 1 aromatic carbocycles. The maximum Gasteiger partial charge on any atom is 0.214 e. The maximum atomic E-state index is 4.69. The second-order valence-electron chi connectivity index (χ2n) is 3.07. The van der Waals surface area contributed by atoms with Crippen molar-refractivity contribution in [2.45, 2.75) is 0 Å². The molecule has 0 saturated carbocycles. The molecule has 0 unspecified atom stereocenters. The van der Waals surface area contributed by atoms with Crippen LogP contribution in [0.4, 0.5) is 0 Å². The molecule has 3 aromatic rings. The number of nitrogens with zero attached hydrogens (tertiary/aromatic N) is 5. The van der Waals surface area contributed by atoms with Crippen LogP contribution in [0, 0.1) is 0 Å². The number of benzene rings is 1. The van der Waals surface area contributed by atoms with Crippen LogP contribution >= 0.6 is 0 Å². The van der Waals surface area contributed by atoms with E-state index < -0.39 is 0 Å². The highest BCUT2D eigenvalue weighted by molar-refractivity contribution is 5.65. The molecule has 16 heavy (non-hydrogen) atoms. The van der Waals surface area contributed by atoms with Crippen molar-refractivity contribution in [2.24, 2.45) is 0 Å². The van der Waals surface area contributed by atoms with E-state index in [1.165, 1.54) is 6.39 Å². The largest absolute Gasteiger partial charge is 0.342 e. The smallest absolute Gasteiger partial charge is 0.214 e. The molecule has 7 nitrogen and oxygen atoms in total. The highest BCUT2D eigenvalue weighted by Gasteiger charge is 2.07. The van der Waals surface area contributed by atoms with Gasteiger partial charge in [0.05, 0.1) is 0 Å². The summed E-state index contributed by atoms with van der Waals surface area (Å²) in [6, 6.07) is 7.51. The van der Waals surface area contributed by atoms with Crippen LogP contribution in [-0.4, -0.2) is 30.8 Å². The van der Waals surface area contributed by atoms with Crippen LogP contribution in [0.5, 0.6) is 0 Å². The molecule has 1 N–H and O–H groups in total. The number of aromatic nitrogens is 6. The van der Waals surface area contributed by atoms with Gasteiger partial charge in [0.1, 0.15) is 0 Å². The van der Waals surface area contributed by atoms with Crippen molar-refractivity contribution in [1.29, 1.82) is 0 Å². The van der Waals surface area contributed by atoms with E-state index in [2.05, 4.69) is 35.3 Å². The summed E-state index contributed by atoms with van der Waals surface area (Å²) >= 11 is 0. The molecule has 2 aromatic heterocycles. The number of aromatic amines is 1. The zero-order chi connectivity index (χ0) is 10.8. The summed E-state index contributed by atoms with van der Waals surface area (Å²) in [6.45, 7) is 0. The van der Waals surface area contributed by atoms with Gasteiger partial charge in [-0.15, -0.1) is 10.2 Å². The fourth-order valence-electron chi connectivity index (χ4n) is 1.38. The molecule has 3 rings (SSSR count). The quantitative estimate of drug-likeness (QED) is 0.681. The van der Waals surface area contributed by atoms with Gasteiger partial charge in [-0.05, 0) is 11.3 Å². The number of H-pyrrole nitrogens is 1. The van der Waals surface area contributed by atoms with Gasteiger partial charge in [-0.25, -0.2) is 0 Å². The summed E-state index contributed by atoms with van der Waals surface area (Å²) in [5.41, 5.74) is 1.69. The minimum absolute atomic E-state index is 0.533. The van der Waals surface area contributed by atoms with Crippen LogP contribution in [0.25, 0.3) is 22.8 Å². The zero-order valence-corrected chi connectivity index (χ0v) is 8.03. The molecule has 0 aliphatic carbocycles. The maximum absolute atomic E-state index is 4.69. The van der Waals surface area contributed by atoms with Gasteiger partial charge in [-0.3, -0.25) is 0 Å². The van der Waals surface area contributed by atoms with E-state index in [9.17, 15) is 0 Å². The lowest BCUT2D eigenvalue weighted by molar-refractivity contribution is 0.419.